The zero-order valence-corrected chi connectivity index (χ0v) is 16.0. The van der Waals surface area contributed by atoms with Crippen LogP contribution in [0.5, 0.6) is 0 Å². The second-order valence-electron chi connectivity index (χ2n) is 6.86. The minimum Gasteiger partial charge on any atom is -0.376 e. The van der Waals surface area contributed by atoms with Crippen molar-refractivity contribution < 1.29 is 9.72 Å². The standard InChI is InChI=1S/C20H20N4O3S/c25-19(12-21-15-6-3-7-16(11-15)24(26)27)23-10-4-5-14(13-23)20-22-17-8-1-2-9-18(17)28-20/h1-3,6-9,11,14,21H,4-5,10,12-13H2/t14-/m1/s1. The number of anilines is 1. The summed E-state index contributed by atoms with van der Waals surface area (Å²) in [5, 5.41) is 15.0. The Hall–Kier alpha value is -3.00. The molecule has 0 saturated carbocycles. The minimum absolute atomic E-state index is 0.00248. The van der Waals surface area contributed by atoms with Crippen LogP contribution in [0.4, 0.5) is 11.4 Å². The van der Waals surface area contributed by atoms with Gasteiger partial charge < -0.3 is 10.2 Å². The van der Waals surface area contributed by atoms with Gasteiger partial charge in [-0.15, -0.1) is 11.3 Å². The largest absolute Gasteiger partial charge is 0.376 e. The first-order valence-corrected chi connectivity index (χ1v) is 10.0. The molecule has 1 aliphatic heterocycles. The van der Waals surface area contributed by atoms with Gasteiger partial charge in [-0.05, 0) is 31.0 Å². The Morgan fingerprint density at radius 1 is 1.29 bits per heavy atom. The van der Waals surface area contributed by atoms with Crippen LogP contribution in [-0.4, -0.2) is 40.3 Å². The van der Waals surface area contributed by atoms with E-state index < -0.39 is 4.92 Å². The van der Waals surface area contributed by atoms with Crippen molar-refractivity contribution in [3.05, 3.63) is 63.7 Å². The number of thiazole rings is 1. The van der Waals surface area contributed by atoms with E-state index in [1.807, 2.05) is 23.1 Å². The van der Waals surface area contributed by atoms with Gasteiger partial charge in [0, 0.05) is 36.8 Å². The number of nitrogens with zero attached hydrogens (tertiary/aromatic N) is 3. The van der Waals surface area contributed by atoms with Gasteiger partial charge in [-0.3, -0.25) is 14.9 Å². The Morgan fingerprint density at radius 3 is 2.96 bits per heavy atom. The van der Waals surface area contributed by atoms with E-state index >= 15 is 0 Å². The molecule has 1 aromatic heterocycles. The van der Waals surface area contributed by atoms with Crippen molar-refractivity contribution in [3.8, 4) is 0 Å². The summed E-state index contributed by atoms with van der Waals surface area (Å²) in [4.78, 5) is 29.7. The van der Waals surface area contributed by atoms with E-state index in [0.29, 0.717) is 12.2 Å². The number of non-ortho nitro benzene ring substituents is 1. The molecule has 28 heavy (non-hydrogen) atoms. The van der Waals surface area contributed by atoms with Crippen LogP contribution in [0.15, 0.2) is 48.5 Å². The zero-order valence-electron chi connectivity index (χ0n) is 15.2. The fourth-order valence-electron chi connectivity index (χ4n) is 3.49. The minimum atomic E-state index is -0.444. The number of para-hydroxylation sites is 1. The molecule has 144 valence electrons. The van der Waals surface area contributed by atoms with Crippen LogP contribution in [-0.2, 0) is 4.79 Å². The predicted molar refractivity (Wildman–Crippen MR) is 110 cm³/mol. The van der Waals surface area contributed by atoms with Gasteiger partial charge in [-0.25, -0.2) is 4.98 Å². The molecule has 7 nitrogen and oxygen atoms in total. The van der Waals surface area contributed by atoms with Crippen LogP contribution < -0.4 is 5.32 Å². The lowest BCUT2D eigenvalue weighted by Crippen LogP contribution is -2.41. The molecule has 0 bridgehead atoms. The van der Waals surface area contributed by atoms with E-state index in [4.69, 9.17) is 4.98 Å². The maximum atomic E-state index is 12.7. The lowest BCUT2D eigenvalue weighted by atomic mass is 9.98. The lowest BCUT2D eigenvalue weighted by molar-refractivity contribution is -0.384. The Kier molecular flexibility index (Phi) is 5.21. The Balaban J connectivity index is 1.39. The van der Waals surface area contributed by atoms with Gasteiger partial charge in [0.15, 0.2) is 0 Å². The van der Waals surface area contributed by atoms with Crippen molar-refractivity contribution in [2.24, 2.45) is 0 Å². The van der Waals surface area contributed by atoms with Crippen molar-refractivity contribution in [1.82, 2.24) is 9.88 Å². The van der Waals surface area contributed by atoms with Crippen LogP contribution in [0, 0.1) is 10.1 Å². The number of rotatable bonds is 5. The predicted octanol–water partition coefficient (Wildman–Crippen LogP) is 4.02. The van der Waals surface area contributed by atoms with Crippen LogP contribution in [0.1, 0.15) is 23.8 Å². The molecule has 2 heterocycles. The monoisotopic (exact) mass is 396 g/mol. The molecule has 1 fully saturated rings. The molecular formula is C20H20N4O3S. The molecular weight excluding hydrogens is 376 g/mol. The normalized spacial score (nSPS) is 16.9. The van der Waals surface area contributed by atoms with Crippen molar-refractivity contribution in [2.75, 3.05) is 25.0 Å². The summed E-state index contributed by atoms with van der Waals surface area (Å²) in [7, 11) is 0. The summed E-state index contributed by atoms with van der Waals surface area (Å²) in [6.07, 6.45) is 1.98. The number of hydrogen-bond donors (Lipinski definition) is 1. The molecule has 8 heteroatoms. The average molecular weight is 396 g/mol. The smallest absolute Gasteiger partial charge is 0.271 e. The van der Waals surface area contributed by atoms with Crippen LogP contribution in [0.25, 0.3) is 10.2 Å². The van der Waals surface area contributed by atoms with Gasteiger partial charge in [0.1, 0.15) is 0 Å². The molecule has 2 aromatic carbocycles. The van der Waals surface area contributed by atoms with E-state index in [1.165, 1.54) is 16.8 Å². The first-order chi connectivity index (χ1) is 13.6. The molecule has 1 aliphatic rings. The van der Waals surface area contributed by atoms with Crippen LogP contribution in [0.2, 0.25) is 0 Å². The van der Waals surface area contributed by atoms with Crippen molar-refractivity contribution in [2.45, 2.75) is 18.8 Å². The number of carbonyl (C=O) groups excluding carboxylic acids is 1. The Morgan fingerprint density at radius 2 is 2.14 bits per heavy atom. The molecule has 1 amide bonds. The van der Waals surface area contributed by atoms with Gasteiger partial charge in [-0.1, -0.05) is 18.2 Å². The molecule has 1 atom stereocenters. The van der Waals surface area contributed by atoms with E-state index in [1.54, 1.807) is 23.5 Å². The second-order valence-corrected chi connectivity index (χ2v) is 7.92. The molecule has 0 spiro atoms. The van der Waals surface area contributed by atoms with Gasteiger partial charge in [0.25, 0.3) is 5.69 Å². The number of nitrogens with one attached hydrogen (secondary N) is 1. The summed E-state index contributed by atoms with van der Waals surface area (Å²) < 4.78 is 1.17. The highest BCUT2D eigenvalue weighted by atomic mass is 32.1. The Labute approximate surface area is 166 Å². The lowest BCUT2D eigenvalue weighted by Gasteiger charge is -2.32. The van der Waals surface area contributed by atoms with E-state index in [2.05, 4.69) is 11.4 Å². The fraction of sp³-hybridized carbons (Fsp3) is 0.300. The molecule has 0 unspecified atom stereocenters. The van der Waals surface area contributed by atoms with Gasteiger partial charge in [0.05, 0.1) is 26.7 Å². The van der Waals surface area contributed by atoms with E-state index in [-0.39, 0.29) is 24.1 Å². The van der Waals surface area contributed by atoms with Gasteiger partial charge >= 0.3 is 0 Å². The summed E-state index contributed by atoms with van der Waals surface area (Å²) in [5.74, 6) is 0.255. The number of nitro groups is 1. The SMILES string of the molecule is O=C(CNc1cccc([N+](=O)[O-])c1)N1CCC[C@@H](c2nc3ccccc3s2)C1. The number of hydrogen-bond acceptors (Lipinski definition) is 6. The fourth-order valence-corrected chi connectivity index (χ4v) is 4.58. The first kappa shape index (κ1) is 18.4. The maximum absolute atomic E-state index is 12.7. The van der Waals surface area contributed by atoms with Gasteiger partial charge in [0.2, 0.25) is 5.91 Å². The van der Waals surface area contributed by atoms with Crippen LogP contribution in [0.3, 0.4) is 0 Å². The number of nitro benzene ring substituents is 1. The third-order valence-electron chi connectivity index (χ3n) is 4.93. The molecule has 1 saturated heterocycles. The molecule has 0 aliphatic carbocycles. The van der Waals surface area contributed by atoms with Crippen molar-refractivity contribution >= 4 is 38.8 Å². The number of benzene rings is 2. The average Bonchev–Trinajstić information content (AvgIpc) is 3.16. The highest BCUT2D eigenvalue weighted by molar-refractivity contribution is 7.18. The second kappa shape index (κ2) is 7.93. The van der Waals surface area contributed by atoms with Gasteiger partial charge in [-0.2, -0.15) is 0 Å². The number of carbonyl (C=O) groups is 1. The Bertz CT molecular complexity index is 986. The number of amides is 1. The number of piperidine rings is 1. The topological polar surface area (TPSA) is 88.4 Å². The number of likely N-dealkylation sites (tertiary alicyclic amines) is 1. The van der Waals surface area contributed by atoms with E-state index in [9.17, 15) is 14.9 Å². The maximum Gasteiger partial charge on any atom is 0.271 e. The molecule has 1 N–H and O–H groups in total. The summed E-state index contributed by atoms with van der Waals surface area (Å²) in [6, 6.07) is 14.3. The number of aromatic nitrogens is 1. The van der Waals surface area contributed by atoms with Crippen molar-refractivity contribution in [1.29, 1.82) is 0 Å². The highest BCUT2D eigenvalue weighted by Gasteiger charge is 2.26. The zero-order chi connectivity index (χ0) is 19.5. The third-order valence-corrected chi connectivity index (χ3v) is 6.13. The summed E-state index contributed by atoms with van der Waals surface area (Å²) in [5.41, 5.74) is 1.59. The third kappa shape index (κ3) is 3.96. The highest BCUT2D eigenvalue weighted by Crippen LogP contribution is 2.33. The molecule has 0 radical (unpaired) electrons. The molecule has 3 aromatic rings. The first-order valence-electron chi connectivity index (χ1n) is 9.22. The molecule has 4 rings (SSSR count). The quantitative estimate of drug-likeness (QED) is 0.520. The van der Waals surface area contributed by atoms with Crippen LogP contribution >= 0.6 is 11.3 Å². The summed E-state index contributed by atoms with van der Waals surface area (Å²) >= 11 is 1.70. The number of fused-ring (bicyclic) bond motifs is 1. The van der Waals surface area contributed by atoms with E-state index in [0.717, 1.165) is 29.9 Å². The summed E-state index contributed by atoms with van der Waals surface area (Å²) in [6.45, 7) is 1.51. The van der Waals surface area contributed by atoms with Crippen molar-refractivity contribution in [3.63, 3.8) is 0 Å².